The molecule has 0 bridgehead atoms. The van der Waals surface area contributed by atoms with Gasteiger partial charge in [0, 0.05) is 25.7 Å². The smallest absolute Gasteiger partial charge is 0.320 e. The molecule has 1 N–H and O–H groups in total. The Morgan fingerprint density at radius 2 is 2.10 bits per heavy atom. The van der Waals surface area contributed by atoms with Gasteiger partial charge in [-0.25, -0.2) is 4.79 Å². The molecule has 2 saturated heterocycles. The molecule has 0 aromatic heterocycles. The van der Waals surface area contributed by atoms with Crippen molar-refractivity contribution < 1.29 is 19.4 Å². The van der Waals surface area contributed by atoms with Crippen molar-refractivity contribution in [3.63, 3.8) is 0 Å². The van der Waals surface area contributed by atoms with Crippen LogP contribution in [0.15, 0.2) is 0 Å². The van der Waals surface area contributed by atoms with Gasteiger partial charge in [0.2, 0.25) is 0 Å². The molecule has 2 aliphatic heterocycles. The summed E-state index contributed by atoms with van der Waals surface area (Å²) in [5.41, 5.74) is 0. The van der Waals surface area contributed by atoms with E-state index in [4.69, 9.17) is 9.84 Å². The molecule has 0 aliphatic carbocycles. The lowest BCUT2D eigenvalue weighted by Gasteiger charge is -2.41. The zero-order valence-electron chi connectivity index (χ0n) is 12.1. The van der Waals surface area contributed by atoms with E-state index in [1.165, 1.54) is 6.42 Å². The van der Waals surface area contributed by atoms with Crippen molar-refractivity contribution in [2.75, 3.05) is 26.2 Å². The number of nitrogens with zero attached hydrogens (tertiary/aromatic N) is 2. The van der Waals surface area contributed by atoms with Crippen LogP contribution in [0.4, 0.5) is 4.79 Å². The van der Waals surface area contributed by atoms with Gasteiger partial charge in [-0.3, -0.25) is 4.79 Å². The van der Waals surface area contributed by atoms with E-state index in [0.29, 0.717) is 25.7 Å². The fourth-order valence-electron chi connectivity index (χ4n) is 3.07. The Kier molecular flexibility index (Phi) is 5.23. The molecule has 0 saturated carbocycles. The van der Waals surface area contributed by atoms with E-state index in [9.17, 15) is 9.59 Å². The normalized spacial score (nSPS) is 27.4. The first kappa shape index (κ1) is 15.1. The summed E-state index contributed by atoms with van der Waals surface area (Å²) in [6.07, 6.45) is 3.88. The summed E-state index contributed by atoms with van der Waals surface area (Å²) in [6.45, 7) is 4.30. The minimum atomic E-state index is -0.881. The molecule has 2 heterocycles. The average molecular weight is 284 g/mol. The molecule has 0 aromatic rings. The van der Waals surface area contributed by atoms with Gasteiger partial charge < -0.3 is 19.6 Å². The average Bonchev–Trinajstić information content (AvgIpc) is 2.46. The van der Waals surface area contributed by atoms with Crippen LogP contribution in [0, 0.1) is 0 Å². The maximum Gasteiger partial charge on any atom is 0.320 e. The molecule has 2 rings (SSSR count). The number of morpholine rings is 1. The number of urea groups is 1. The molecular formula is C14H24N2O4. The molecule has 6 nitrogen and oxygen atoms in total. The van der Waals surface area contributed by atoms with Crippen LogP contribution in [0.5, 0.6) is 0 Å². The maximum absolute atomic E-state index is 12.6. The highest BCUT2D eigenvalue weighted by molar-refractivity contribution is 5.75. The first-order valence-corrected chi connectivity index (χ1v) is 7.50. The van der Waals surface area contributed by atoms with Gasteiger partial charge in [-0.05, 0) is 25.7 Å². The van der Waals surface area contributed by atoms with E-state index >= 15 is 0 Å². The molecule has 20 heavy (non-hydrogen) atoms. The van der Waals surface area contributed by atoms with Crippen molar-refractivity contribution in [2.45, 2.75) is 51.2 Å². The molecular weight excluding hydrogens is 260 g/mol. The molecule has 114 valence electrons. The first-order valence-electron chi connectivity index (χ1n) is 7.50. The Morgan fingerprint density at radius 3 is 2.80 bits per heavy atom. The highest BCUT2D eigenvalue weighted by Crippen LogP contribution is 2.22. The number of carboxylic acid groups (broad SMARTS) is 1. The van der Waals surface area contributed by atoms with Crippen molar-refractivity contribution in [3.05, 3.63) is 0 Å². The van der Waals surface area contributed by atoms with Crippen LogP contribution in [0.1, 0.15) is 39.0 Å². The number of aliphatic carboxylic acids is 1. The maximum atomic E-state index is 12.6. The summed E-state index contributed by atoms with van der Waals surface area (Å²) in [7, 11) is 0. The largest absolute Gasteiger partial charge is 0.481 e. The summed E-state index contributed by atoms with van der Waals surface area (Å²) in [5.74, 6) is -0.881. The van der Waals surface area contributed by atoms with Gasteiger partial charge in [-0.15, -0.1) is 0 Å². The highest BCUT2D eigenvalue weighted by atomic mass is 16.5. The molecule has 2 unspecified atom stereocenters. The fourth-order valence-corrected chi connectivity index (χ4v) is 3.07. The SMILES string of the molecule is CCC1CCCCN1C(=O)N1CCOC(CC(=O)O)C1. The van der Waals surface area contributed by atoms with E-state index < -0.39 is 5.97 Å². The van der Waals surface area contributed by atoms with Gasteiger partial charge in [-0.2, -0.15) is 0 Å². The predicted octanol–water partition coefficient (Wildman–Crippen LogP) is 1.55. The van der Waals surface area contributed by atoms with Crippen LogP contribution in [0.3, 0.4) is 0 Å². The standard InChI is InChI=1S/C14H24N2O4/c1-2-11-5-3-4-6-16(11)14(19)15-7-8-20-12(10-15)9-13(17)18/h11-12H,2-10H2,1H3,(H,17,18). The number of carbonyl (C=O) groups excluding carboxylic acids is 1. The molecule has 0 radical (unpaired) electrons. The van der Waals surface area contributed by atoms with E-state index in [-0.39, 0.29) is 18.6 Å². The highest BCUT2D eigenvalue weighted by Gasteiger charge is 2.32. The summed E-state index contributed by atoms with van der Waals surface area (Å²) >= 11 is 0. The van der Waals surface area contributed by atoms with Gasteiger partial charge in [0.1, 0.15) is 0 Å². The summed E-state index contributed by atoms with van der Waals surface area (Å²) in [4.78, 5) is 27.1. The van der Waals surface area contributed by atoms with Crippen LogP contribution in [-0.2, 0) is 9.53 Å². The second-order valence-corrected chi connectivity index (χ2v) is 5.57. The van der Waals surface area contributed by atoms with Crippen molar-refractivity contribution in [1.82, 2.24) is 9.80 Å². The van der Waals surface area contributed by atoms with E-state index in [1.54, 1.807) is 4.90 Å². The van der Waals surface area contributed by atoms with Crippen molar-refractivity contribution in [2.24, 2.45) is 0 Å². The third-order valence-corrected chi connectivity index (χ3v) is 4.16. The lowest BCUT2D eigenvalue weighted by Crippen LogP contribution is -2.54. The monoisotopic (exact) mass is 284 g/mol. The van der Waals surface area contributed by atoms with Crippen molar-refractivity contribution in [1.29, 1.82) is 0 Å². The number of ether oxygens (including phenoxy) is 1. The first-order chi connectivity index (χ1) is 9.61. The zero-order valence-corrected chi connectivity index (χ0v) is 12.1. The third-order valence-electron chi connectivity index (χ3n) is 4.16. The van der Waals surface area contributed by atoms with Crippen molar-refractivity contribution >= 4 is 12.0 Å². The van der Waals surface area contributed by atoms with Gasteiger partial charge in [-0.1, -0.05) is 6.92 Å². The number of rotatable bonds is 3. The molecule has 0 aromatic carbocycles. The minimum absolute atomic E-state index is 0.0407. The van der Waals surface area contributed by atoms with E-state index in [1.807, 2.05) is 4.90 Å². The van der Waals surface area contributed by atoms with E-state index in [2.05, 4.69) is 6.92 Å². The lowest BCUT2D eigenvalue weighted by molar-refractivity contribution is -0.141. The molecule has 2 aliphatic rings. The summed E-state index contributed by atoms with van der Waals surface area (Å²) in [5, 5.41) is 8.83. The van der Waals surface area contributed by atoms with Gasteiger partial charge in [0.15, 0.2) is 0 Å². The molecule has 6 heteroatoms. The van der Waals surface area contributed by atoms with Crippen LogP contribution in [-0.4, -0.2) is 65.3 Å². The van der Waals surface area contributed by atoms with Crippen LogP contribution in [0.25, 0.3) is 0 Å². The Bertz CT molecular complexity index is 361. The molecule has 2 atom stereocenters. The zero-order chi connectivity index (χ0) is 14.5. The Morgan fingerprint density at radius 1 is 1.30 bits per heavy atom. The fraction of sp³-hybridized carbons (Fsp3) is 0.857. The topological polar surface area (TPSA) is 70.1 Å². The second-order valence-electron chi connectivity index (χ2n) is 5.57. The Labute approximate surface area is 119 Å². The third kappa shape index (κ3) is 3.62. The number of carboxylic acids is 1. The second kappa shape index (κ2) is 6.92. The molecule has 2 fully saturated rings. The lowest BCUT2D eigenvalue weighted by atomic mass is 10.0. The number of hydrogen-bond donors (Lipinski definition) is 1. The summed E-state index contributed by atoms with van der Waals surface area (Å²) in [6, 6.07) is 0.382. The van der Waals surface area contributed by atoms with Crippen LogP contribution in [0.2, 0.25) is 0 Å². The number of hydrogen-bond acceptors (Lipinski definition) is 3. The van der Waals surface area contributed by atoms with Gasteiger partial charge >= 0.3 is 12.0 Å². The quantitative estimate of drug-likeness (QED) is 0.853. The number of piperidine rings is 1. The number of amides is 2. The Balaban J connectivity index is 1.95. The van der Waals surface area contributed by atoms with Crippen LogP contribution < -0.4 is 0 Å². The minimum Gasteiger partial charge on any atom is -0.481 e. The molecule has 0 spiro atoms. The van der Waals surface area contributed by atoms with Gasteiger partial charge in [0.05, 0.1) is 19.1 Å². The Hall–Kier alpha value is -1.30. The van der Waals surface area contributed by atoms with Crippen molar-refractivity contribution in [3.8, 4) is 0 Å². The molecule has 2 amide bonds. The van der Waals surface area contributed by atoms with Crippen LogP contribution >= 0.6 is 0 Å². The van der Waals surface area contributed by atoms with E-state index in [0.717, 1.165) is 25.8 Å². The van der Waals surface area contributed by atoms with Gasteiger partial charge in [0.25, 0.3) is 0 Å². The summed E-state index contributed by atoms with van der Waals surface area (Å²) < 4.78 is 5.42. The number of likely N-dealkylation sites (tertiary alicyclic amines) is 1. The predicted molar refractivity (Wildman–Crippen MR) is 73.6 cm³/mol. The number of carbonyl (C=O) groups is 2.